The lowest BCUT2D eigenvalue weighted by Crippen LogP contribution is -2.56. The second-order valence-corrected chi connectivity index (χ2v) is 8.12. The summed E-state index contributed by atoms with van der Waals surface area (Å²) in [6.07, 6.45) is 1.16. The number of nitrogens with one attached hydrogen (secondary N) is 1. The molecular formula is C16H29N3OS. The lowest BCUT2D eigenvalue weighted by molar-refractivity contribution is -0.182. The number of aromatic nitrogens is 1. The standard InChI is InChI=1S/C16H29N3OS/c1-6-7-17-8-14-18-13(10-21-14)9-19-11-15(2,3)20-16(4,5)12-19/h10,17H,6-9,11-12H2,1-5H3. The zero-order chi connectivity index (χ0) is 15.5. The average molecular weight is 311 g/mol. The Balaban J connectivity index is 1.92. The summed E-state index contributed by atoms with van der Waals surface area (Å²) in [5.74, 6) is 0. The zero-order valence-corrected chi connectivity index (χ0v) is 14.8. The van der Waals surface area contributed by atoms with Gasteiger partial charge in [0.1, 0.15) is 5.01 Å². The minimum atomic E-state index is -0.0940. The van der Waals surface area contributed by atoms with E-state index < -0.39 is 0 Å². The van der Waals surface area contributed by atoms with Crippen molar-refractivity contribution in [2.45, 2.75) is 65.3 Å². The lowest BCUT2D eigenvalue weighted by atomic mass is 9.99. The zero-order valence-electron chi connectivity index (χ0n) is 14.0. The molecule has 0 saturated carbocycles. The second kappa shape index (κ2) is 6.73. The van der Waals surface area contributed by atoms with E-state index in [0.717, 1.165) is 39.1 Å². The summed E-state index contributed by atoms with van der Waals surface area (Å²) in [6, 6.07) is 0. The van der Waals surface area contributed by atoms with E-state index in [1.165, 1.54) is 10.7 Å². The predicted molar refractivity (Wildman–Crippen MR) is 88.6 cm³/mol. The van der Waals surface area contributed by atoms with E-state index in [9.17, 15) is 0 Å². The van der Waals surface area contributed by atoms with E-state index in [0.29, 0.717) is 0 Å². The smallest absolute Gasteiger partial charge is 0.107 e. The molecule has 0 spiro atoms. The molecule has 4 nitrogen and oxygen atoms in total. The number of hydrogen-bond acceptors (Lipinski definition) is 5. The van der Waals surface area contributed by atoms with Crippen LogP contribution in [0.3, 0.4) is 0 Å². The number of thiazole rings is 1. The van der Waals surface area contributed by atoms with Gasteiger partial charge in [-0.15, -0.1) is 11.3 Å². The Bertz CT molecular complexity index is 440. The van der Waals surface area contributed by atoms with Gasteiger partial charge >= 0.3 is 0 Å². The molecule has 1 aliphatic heterocycles. The highest BCUT2D eigenvalue weighted by atomic mass is 32.1. The summed E-state index contributed by atoms with van der Waals surface area (Å²) in [6.45, 7) is 15.6. The SMILES string of the molecule is CCCNCc1nc(CN2CC(C)(C)OC(C)(C)C2)cs1. The van der Waals surface area contributed by atoms with Gasteiger partial charge < -0.3 is 10.1 Å². The van der Waals surface area contributed by atoms with Crippen LogP contribution in [-0.2, 0) is 17.8 Å². The maximum Gasteiger partial charge on any atom is 0.107 e. The monoisotopic (exact) mass is 311 g/mol. The minimum Gasteiger partial charge on any atom is -0.367 e. The molecule has 120 valence electrons. The Morgan fingerprint density at radius 2 is 1.95 bits per heavy atom. The lowest BCUT2D eigenvalue weighted by Gasteiger charge is -2.47. The van der Waals surface area contributed by atoms with Gasteiger partial charge in [0.05, 0.1) is 16.9 Å². The molecule has 0 atom stereocenters. The first-order valence-electron chi connectivity index (χ1n) is 7.86. The van der Waals surface area contributed by atoms with E-state index in [4.69, 9.17) is 9.72 Å². The third kappa shape index (κ3) is 5.33. The highest BCUT2D eigenvalue weighted by Crippen LogP contribution is 2.29. The summed E-state index contributed by atoms with van der Waals surface area (Å²) < 4.78 is 6.13. The molecule has 1 aromatic rings. The third-order valence-corrected chi connectivity index (χ3v) is 4.35. The largest absolute Gasteiger partial charge is 0.367 e. The van der Waals surface area contributed by atoms with Gasteiger partial charge in [0.2, 0.25) is 0 Å². The van der Waals surface area contributed by atoms with Crippen LogP contribution in [0.15, 0.2) is 5.38 Å². The Morgan fingerprint density at radius 3 is 2.57 bits per heavy atom. The van der Waals surface area contributed by atoms with Crippen LogP contribution in [0.5, 0.6) is 0 Å². The van der Waals surface area contributed by atoms with Crippen LogP contribution in [0.1, 0.15) is 51.7 Å². The molecule has 21 heavy (non-hydrogen) atoms. The van der Waals surface area contributed by atoms with Crippen molar-refractivity contribution in [3.63, 3.8) is 0 Å². The molecule has 1 fully saturated rings. The summed E-state index contributed by atoms with van der Waals surface area (Å²) in [5, 5.41) is 6.79. The third-order valence-electron chi connectivity index (χ3n) is 3.45. The molecule has 1 aliphatic rings. The summed E-state index contributed by atoms with van der Waals surface area (Å²) in [5.41, 5.74) is 0.994. The highest BCUT2D eigenvalue weighted by Gasteiger charge is 2.38. The quantitative estimate of drug-likeness (QED) is 0.820. The van der Waals surface area contributed by atoms with Crippen molar-refractivity contribution in [3.8, 4) is 0 Å². The molecule has 0 radical (unpaired) electrons. The molecule has 0 aliphatic carbocycles. The molecule has 0 amide bonds. The Hall–Kier alpha value is -0.490. The van der Waals surface area contributed by atoms with Gasteiger partial charge in [-0.05, 0) is 40.7 Å². The maximum absolute atomic E-state index is 6.13. The van der Waals surface area contributed by atoms with Crippen molar-refractivity contribution < 1.29 is 4.74 Å². The van der Waals surface area contributed by atoms with Crippen molar-refractivity contribution in [1.29, 1.82) is 0 Å². The molecule has 0 unspecified atom stereocenters. The number of hydrogen-bond donors (Lipinski definition) is 1. The van der Waals surface area contributed by atoms with Gasteiger partial charge in [-0.1, -0.05) is 6.92 Å². The van der Waals surface area contributed by atoms with Crippen molar-refractivity contribution in [2.24, 2.45) is 0 Å². The van der Waals surface area contributed by atoms with Crippen LogP contribution >= 0.6 is 11.3 Å². The Labute approximate surface area is 132 Å². The summed E-state index contributed by atoms with van der Waals surface area (Å²) in [4.78, 5) is 7.21. The van der Waals surface area contributed by atoms with Gasteiger partial charge in [0.15, 0.2) is 0 Å². The van der Waals surface area contributed by atoms with E-state index >= 15 is 0 Å². The molecule has 1 aromatic heterocycles. The first-order chi connectivity index (χ1) is 9.80. The van der Waals surface area contributed by atoms with Crippen molar-refractivity contribution in [1.82, 2.24) is 15.2 Å². The van der Waals surface area contributed by atoms with Crippen LogP contribution in [0.4, 0.5) is 0 Å². The highest BCUT2D eigenvalue weighted by molar-refractivity contribution is 7.09. The van der Waals surface area contributed by atoms with E-state index in [-0.39, 0.29) is 11.2 Å². The predicted octanol–water partition coefficient (Wildman–Crippen LogP) is 3.03. The van der Waals surface area contributed by atoms with Crippen molar-refractivity contribution in [2.75, 3.05) is 19.6 Å². The van der Waals surface area contributed by atoms with Gasteiger partial charge in [-0.2, -0.15) is 0 Å². The first-order valence-corrected chi connectivity index (χ1v) is 8.74. The molecule has 1 N–H and O–H groups in total. The van der Waals surface area contributed by atoms with Crippen LogP contribution in [0, 0.1) is 0 Å². The topological polar surface area (TPSA) is 37.4 Å². The molecule has 2 rings (SSSR count). The molecule has 0 aromatic carbocycles. The summed E-state index contributed by atoms with van der Waals surface area (Å²) >= 11 is 1.76. The minimum absolute atomic E-state index is 0.0940. The van der Waals surface area contributed by atoms with Gasteiger partial charge in [0, 0.05) is 31.6 Å². The Morgan fingerprint density at radius 1 is 1.29 bits per heavy atom. The van der Waals surface area contributed by atoms with E-state index in [1.54, 1.807) is 11.3 Å². The second-order valence-electron chi connectivity index (χ2n) is 7.18. The average Bonchev–Trinajstić information content (AvgIpc) is 2.72. The fourth-order valence-electron chi connectivity index (χ4n) is 3.16. The molecule has 1 saturated heterocycles. The fraction of sp³-hybridized carbons (Fsp3) is 0.812. The fourth-order valence-corrected chi connectivity index (χ4v) is 3.92. The van der Waals surface area contributed by atoms with Crippen molar-refractivity contribution in [3.05, 3.63) is 16.1 Å². The van der Waals surface area contributed by atoms with Crippen LogP contribution in [0.2, 0.25) is 0 Å². The van der Waals surface area contributed by atoms with Gasteiger partial charge in [-0.25, -0.2) is 4.98 Å². The first kappa shape index (κ1) is 16.9. The number of nitrogens with zero attached hydrogens (tertiary/aromatic N) is 2. The Kier molecular flexibility index (Phi) is 5.41. The summed E-state index contributed by atoms with van der Waals surface area (Å²) in [7, 11) is 0. The van der Waals surface area contributed by atoms with Crippen molar-refractivity contribution >= 4 is 11.3 Å². The van der Waals surface area contributed by atoms with E-state index in [1.807, 2.05) is 0 Å². The van der Waals surface area contributed by atoms with Gasteiger partial charge in [0.25, 0.3) is 0 Å². The number of ether oxygens (including phenoxy) is 1. The van der Waals surface area contributed by atoms with Crippen LogP contribution in [0.25, 0.3) is 0 Å². The molecular weight excluding hydrogens is 282 g/mol. The molecule has 2 heterocycles. The molecule has 5 heteroatoms. The van der Waals surface area contributed by atoms with Gasteiger partial charge in [-0.3, -0.25) is 4.90 Å². The van der Waals surface area contributed by atoms with E-state index in [2.05, 4.69) is 50.2 Å². The normalized spacial score (nSPS) is 21.6. The van der Waals surface area contributed by atoms with Crippen LogP contribution < -0.4 is 5.32 Å². The maximum atomic E-state index is 6.13. The molecule has 0 bridgehead atoms. The number of rotatable bonds is 6. The van der Waals surface area contributed by atoms with Crippen LogP contribution in [-0.4, -0.2) is 40.7 Å². The number of morpholine rings is 1.